The highest BCUT2D eigenvalue weighted by Crippen LogP contribution is 2.63. The summed E-state index contributed by atoms with van der Waals surface area (Å²) in [5.41, 5.74) is 1.23. The number of aliphatic hydroxyl groups is 1. The largest absolute Gasteiger partial charge is 0.393 e. The van der Waals surface area contributed by atoms with Crippen LogP contribution < -0.4 is 4.90 Å². The molecule has 10 heteroatoms. The van der Waals surface area contributed by atoms with Gasteiger partial charge in [-0.15, -0.1) is 10.2 Å². The van der Waals surface area contributed by atoms with Gasteiger partial charge in [-0.25, -0.2) is 18.3 Å². The van der Waals surface area contributed by atoms with Crippen LogP contribution in [0.4, 0.5) is 14.6 Å². The fourth-order valence-corrected chi connectivity index (χ4v) is 5.92. The van der Waals surface area contributed by atoms with E-state index in [0.717, 1.165) is 36.0 Å². The number of hydrogen-bond donors (Lipinski definition) is 1. The number of halogens is 2. The van der Waals surface area contributed by atoms with E-state index in [1.807, 2.05) is 12.3 Å². The van der Waals surface area contributed by atoms with Gasteiger partial charge in [0, 0.05) is 24.7 Å². The quantitative estimate of drug-likeness (QED) is 0.497. The Balaban J connectivity index is 1.41. The van der Waals surface area contributed by atoms with Gasteiger partial charge in [0.05, 0.1) is 23.4 Å². The van der Waals surface area contributed by atoms with Crippen molar-refractivity contribution in [3.63, 3.8) is 0 Å². The predicted octanol–water partition coefficient (Wildman–Crippen LogP) is 3.57. The molecule has 0 bridgehead atoms. The normalized spacial score (nSPS) is 23.0. The third-order valence-corrected chi connectivity index (χ3v) is 7.43. The van der Waals surface area contributed by atoms with Gasteiger partial charge in [0.2, 0.25) is 0 Å². The van der Waals surface area contributed by atoms with Crippen molar-refractivity contribution in [2.75, 3.05) is 11.4 Å². The Labute approximate surface area is 186 Å². The molecule has 7 nitrogen and oxygen atoms in total. The van der Waals surface area contributed by atoms with Crippen molar-refractivity contribution in [2.45, 2.75) is 37.8 Å². The Hall–Kier alpha value is -2.98. The second-order valence-electron chi connectivity index (χ2n) is 8.56. The number of piperidine rings is 1. The van der Waals surface area contributed by atoms with Crippen LogP contribution in [-0.4, -0.2) is 42.6 Å². The lowest BCUT2D eigenvalue weighted by atomic mass is 10.0. The number of fused-ring (bicyclic) bond motifs is 2. The molecule has 3 aromatic heterocycles. The molecule has 0 radical (unpaired) electrons. The molecule has 1 N–H and O–H groups in total. The number of aromatic nitrogens is 5. The molecule has 0 spiro atoms. The van der Waals surface area contributed by atoms with Crippen molar-refractivity contribution in [1.29, 1.82) is 0 Å². The molecule has 164 valence electrons. The van der Waals surface area contributed by atoms with Gasteiger partial charge < -0.3 is 10.0 Å². The van der Waals surface area contributed by atoms with Gasteiger partial charge in [0.1, 0.15) is 22.5 Å². The van der Waals surface area contributed by atoms with Crippen LogP contribution in [0.2, 0.25) is 0 Å². The first-order chi connectivity index (χ1) is 15.5. The first kappa shape index (κ1) is 19.7. The maximum Gasteiger partial charge on any atom is 0.167 e. The average molecular weight is 455 g/mol. The minimum Gasteiger partial charge on any atom is -0.393 e. The number of hydrogen-bond acceptors (Lipinski definition) is 7. The fourth-order valence-electron chi connectivity index (χ4n) is 4.95. The van der Waals surface area contributed by atoms with Gasteiger partial charge >= 0.3 is 0 Å². The summed E-state index contributed by atoms with van der Waals surface area (Å²) in [6.07, 6.45) is 5.16. The fraction of sp³-hybridized carbons (Fsp3) is 0.364. The second kappa shape index (κ2) is 7.01. The first-order valence-corrected chi connectivity index (χ1v) is 11.4. The van der Waals surface area contributed by atoms with E-state index in [4.69, 9.17) is 4.98 Å². The van der Waals surface area contributed by atoms with Crippen LogP contribution in [0.25, 0.3) is 16.2 Å². The standard InChI is InChI=1S/C22H20F2N6OS/c1-12(31)8-19-27-28-21(32-19)15-11-25-30-7-5-18(26-20(15)30)29-6-4-13-10-22(13,29)16-9-14(23)2-3-17(16)24/h2-3,5,7,9,11-13,31H,4,6,8,10H2,1H3/t12?,13-,22+/m0/s1. The van der Waals surface area contributed by atoms with E-state index < -0.39 is 17.5 Å². The van der Waals surface area contributed by atoms with Gasteiger partial charge in [0.25, 0.3) is 0 Å². The molecule has 6 rings (SSSR count). The zero-order valence-corrected chi connectivity index (χ0v) is 18.1. The highest BCUT2D eigenvalue weighted by atomic mass is 32.1. The minimum atomic E-state index is -0.551. The van der Waals surface area contributed by atoms with Crippen LogP contribution in [0.1, 0.15) is 30.3 Å². The lowest BCUT2D eigenvalue weighted by molar-refractivity contribution is 0.195. The summed E-state index contributed by atoms with van der Waals surface area (Å²) in [5, 5.41) is 23.8. The maximum absolute atomic E-state index is 14.7. The number of benzene rings is 1. The van der Waals surface area contributed by atoms with Gasteiger partial charge in [0.15, 0.2) is 10.7 Å². The van der Waals surface area contributed by atoms with Crippen LogP contribution in [0.15, 0.2) is 36.7 Å². The van der Waals surface area contributed by atoms with Gasteiger partial charge in [-0.05, 0) is 49.9 Å². The van der Waals surface area contributed by atoms with E-state index in [-0.39, 0.29) is 11.7 Å². The summed E-state index contributed by atoms with van der Waals surface area (Å²) in [4.78, 5) is 6.97. The van der Waals surface area contributed by atoms with Crippen LogP contribution >= 0.6 is 11.3 Å². The van der Waals surface area contributed by atoms with E-state index in [1.54, 1.807) is 17.6 Å². The molecule has 1 aliphatic heterocycles. The Kier molecular flexibility index (Phi) is 4.31. The van der Waals surface area contributed by atoms with E-state index >= 15 is 0 Å². The van der Waals surface area contributed by atoms with Crippen molar-refractivity contribution < 1.29 is 13.9 Å². The topological polar surface area (TPSA) is 79.4 Å². The van der Waals surface area contributed by atoms with Crippen LogP contribution in [-0.2, 0) is 12.0 Å². The molecule has 1 saturated heterocycles. The van der Waals surface area contributed by atoms with E-state index in [0.29, 0.717) is 28.5 Å². The van der Waals surface area contributed by atoms with Crippen molar-refractivity contribution >= 4 is 22.8 Å². The molecule has 4 heterocycles. The Morgan fingerprint density at radius 1 is 1.28 bits per heavy atom. The first-order valence-electron chi connectivity index (χ1n) is 10.5. The van der Waals surface area contributed by atoms with Crippen LogP contribution in [0, 0.1) is 17.6 Å². The van der Waals surface area contributed by atoms with E-state index in [2.05, 4.69) is 20.2 Å². The van der Waals surface area contributed by atoms with Crippen molar-refractivity contribution in [1.82, 2.24) is 24.8 Å². The van der Waals surface area contributed by atoms with Gasteiger partial charge in [-0.1, -0.05) is 11.3 Å². The SMILES string of the molecule is CC(O)Cc1nnc(-c2cnn3ccc(N4CC[C@H]5C[C@]54c4cc(F)ccc4F)nc23)s1. The zero-order valence-electron chi connectivity index (χ0n) is 17.2. The Morgan fingerprint density at radius 2 is 2.16 bits per heavy atom. The third kappa shape index (κ3) is 2.93. The lowest BCUT2D eigenvalue weighted by Crippen LogP contribution is -2.34. The smallest absolute Gasteiger partial charge is 0.167 e. The highest BCUT2D eigenvalue weighted by Gasteiger charge is 2.64. The summed E-state index contributed by atoms with van der Waals surface area (Å²) in [6.45, 7) is 2.44. The molecular weight excluding hydrogens is 434 g/mol. The molecule has 1 saturated carbocycles. The predicted molar refractivity (Wildman–Crippen MR) is 115 cm³/mol. The molecular formula is C22H20F2N6OS. The Morgan fingerprint density at radius 3 is 2.97 bits per heavy atom. The zero-order chi connectivity index (χ0) is 22.0. The van der Waals surface area contributed by atoms with Crippen LogP contribution in [0.3, 0.4) is 0 Å². The maximum atomic E-state index is 14.7. The van der Waals surface area contributed by atoms with E-state index in [9.17, 15) is 13.9 Å². The molecule has 2 aliphatic rings. The summed E-state index contributed by atoms with van der Waals surface area (Å²) >= 11 is 1.40. The van der Waals surface area contributed by atoms with Crippen LogP contribution in [0.5, 0.6) is 0 Å². The monoisotopic (exact) mass is 454 g/mol. The molecule has 1 aliphatic carbocycles. The average Bonchev–Trinajstić information content (AvgIpc) is 3.11. The van der Waals surface area contributed by atoms with Crippen molar-refractivity contribution in [3.05, 3.63) is 58.9 Å². The Bertz CT molecular complexity index is 1340. The van der Waals surface area contributed by atoms with E-state index in [1.165, 1.54) is 23.5 Å². The third-order valence-electron chi connectivity index (χ3n) is 6.45. The van der Waals surface area contributed by atoms with Gasteiger partial charge in [-0.3, -0.25) is 0 Å². The molecule has 4 aromatic rings. The molecule has 32 heavy (non-hydrogen) atoms. The minimum absolute atomic E-state index is 0.285. The number of rotatable bonds is 5. The number of aliphatic hydroxyl groups excluding tert-OH is 1. The summed E-state index contributed by atoms with van der Waals surface area (Å²) in [5.74, 6) is 0.175. The molecule has 1 aromatic carbocycles. The van der Waals surface area contributed by atoms with Crippen molar-refractivity contribution in [3.8, 4) is 10.6 Å². The molecule has 3 atom stereocenters. The summed E-state index contributed by atoms with van der Waals surface area (Å²) < 4.78 is 30.3. The van der Waals surface area contributed by atoms with Gasteiger partial charge in [-0.2, -0.15) is 5.10 Å². The molecule has 2 fully saturated rings. The summed E-state index contributed by atoms with van der Waals surface area (Å²) in [7, 11) is 0. The number of anilines is 1. The molecule has 0 amide bonds. The lowest BCUT2D eigenvalue weighted by Gasteiger charge is -2.30. The highest BCUT2D eigenvalue weighted by molar-refractivity contribution is 7.14. The van der Waals surface area contributed by atoms with Crippen molar-refractivity contribution in [2.24, 2.45) is 5.92 Å². The summed E-state index contributed by atoms with van der Waals surface area (Å²) in [6, 6.07) is 5.55. The molecule has 1 unspecified atom stereocenters. The second-order valence-corrected chi connectivity index (χ2v) is 9.62. The number of nitrogens with zero attached hydrogens (tertiary/aromatic N) is 6.